The topological polar surface area (TPSA) is 71.1 Å². The van der Waals surface area contributed by atoms with Crippen molar-refractivity contribution in [1.29, 1.82) is 5.41 Å². The maximum Gasteiger partial charge on any atom is 0.573 e. The van der Waals surface area contributed by atoms with Gasteiger partial charge in [0, 0.05) is 35.3 Å². The van der Waals surface area contributed by atoms with Crippen molar-refractivity contribution >= 4 is 17.6 Å². The molecule has 2 aromatic carbocycles. The molecule has 0 unspecified atom stereocenters. The van der Waals surface area contributed by atoms with Crippen LogP contribution in [0.5, 0.6) is 5.75 Å². The number of halogens is 4. The average Bonchev–Trinajstić information content (AvgIpc) is 2.53. The fraction of sp³-hybridized carbons (Fsp3) is 0.118. The first-order valence-corrected chi connectivity index (χ1v) is 7.07. The fourth-order valence-corrected chi connectivity index (χ4v) is 2.16. The van der Waals surface area contributed by atoms with Crippen molar-refractivity contribution < 1.29 is 22.3 Å². The molecule has 4 nitrogen and oxygen atoms in total. The second kappa shape index (κ2) is 7.25. The molecule has 0 amide bonds. The maximum absolute atomic E-state index is 13.7. The summed E-state index contributed by atoms with van der Waals surface area (Å²) in [6.45, 7) is 4.00. The van der Waals surface area contributed by atoms with Crippen molar-refractivity contribution in [3.8, 4) is 5.75 Å². The van der Waals surface area contributed by atoms with Crippen molar-refractivity contribution in [2.75, 3.05) is 5.73 Å². The van der Waals surface area contributed by atoms with Crippen LogP contribution in [0.1, 0.15) is 16.7 Å². The lowest BCUT2D eigenvalue weighted by atomic mass is 10.1. The first-order valence-electron chi connectivity index (χ1n) is 7.07. The summed E-state index contributed by atoms with van der Waals surface area (Å²) < 4.78 is 53.7. The highest BCUT2D eigenvalue weighted by Gasteiger charge is 2.32. The maximum atomic E-state index is 13.7. The van der Waals surface area contributed by atoms with Gasteiger partial charge in [0.05, 0.1) is 0 Å². The molecule has 0 aromatic heterocycles. The van der Waals surface area contributed by atoms with E-state index in [1.807, 2.05) is 0 Å². The molecule has 0 aliphatic carbocycles. The molecule has 132 valence electrons. The van der Waals surface area contributed by atoms with Gasteiger partial charge in [0.25, 0.3) is 0 Å². The second-order valence-corrected chi connectivity index (χ2v) is 5.09. The number of nitrogens with one attached hydrogen (secondary N) is 2. The van der Waals surface area contributed by atoms with E-state index >= 15 is 0 Å². The summed E-state index contributed by atoms with van der Waals surface area (Å²) in [7, 11) is 0. The number of nitrogen functional groups attached to an aromatic ring is 1. The lowest BCUT2D eigenvalue weighted by molar-refractivity contribution is -0.275. The Morgan fingerprint density at radius 3 is 2.60 bits per heavy atom. The van der Waals surface area contributed by atoms with Crippen LogP contribution in [-0.2, 0) is 6.54 Å². The predicted molar refractivity (Wildman–Crippen MR) is 87.7 cm³/mol. The fourth-order valence-electron chi connectivity index (χ4n) is 2.16. The molecule has 0 heterocycles. The summed E-state index contributed by atoms with van der Waals surface area (Å²) in [5.41, 5.74) is 8.07. The zero-order valence-corrected chi connectivity index (χ0v) is 13.0. The summed E-state index contributed by atoms with van der Waals surface area (Å²) in [4.78, 5) is 0. The Morgan fingerprint density at radius 2 is 2.00 bits per heavy atom. The van der Waals surface area contributed by atoms with Crippen LogP contribution in [0.15, 0.2) is 43.0 Å². The Balaban J connectivity index is 2.10. The van der Waals surface area contributed by atoms with E-state index in [9.17, 15) is 17.6 Å². The van der Waals surface area contributed by atoms with Gasteiger partial charge in [-0.05, 0) is 29.8 Å². The van der Waals surface area contributed by atoms with Gasteiger partial charge in [-0.15, -0.1) is 13.2 Å². The van der Waals surface area contributed by atoms with Gasteiger partial charge in [0.1, 0.15) is 0 Å². The molecule has 0 radical (unpaired) electrons. The summed E-state index contributed by atoms with van der Waals surface area (Å²) in [6, 6.07) is 8.19. The first kappa shape index (κ1) is 18.3. The molecule has 8 heteroatoms. The highest BCUT2D eigenvalue weighted by Crippen LogP contribution is 2.27. The van der Waals surface area contributed by atoms with Crippen LogP contribution < -0.4 is 15.8 Å². The van der Waals surface area contributed by atoms with E-state index in [1.54, 1.807) is 18.2 Å². The largest absolute Gasteiger partial charge is 0.573 e. The third-order valence-electron chi connectivity index (χ3n) is 3.37. The minimum absolute atomic E-state index is 0.261. The molecular formula is C17H15F4N3O. The van der Waals surface area contributed by atoms with Gasteiger partial charge in [0.2, 0.25) is 0 Å². The minimum Gasteiger partial charge on any atom is -0.403 e. The number of nitrogens with two attached hydrogens (primary N) is 1. The lowest BCUT2D eigenvalue weighted by Crippen LogP contribution is -2.18. The van der Waals surface area contributed by atoms with Crippen LogP contribution in [0.25, 0.3) is 5.70 Å². The summed E-state index contributed by atoms with van der Waals surface area (Å²) in [5.74, 6) is -2.06. The number of benzene rings is 2. The molecule has 0 aliphatic rings. The van der Waals surface area contributed by atoms with Gasteiger partial charge in [-0.3, -0.25) is 0 Å². The van der Waals surface area contributed by atoms with Gasteiger partial charge in [-0.2, -0.15) is 0 Å². The van der Waals surface area contributed by atoms with Gasteiger partial charge in [0.15, 0.2) is 11.6 Å². The monoisotopic (exact) mass is 353 g/mol. The normalized spacial score (nSPS) is 11.0. The van der Waals surface area contributed by atoms with E-state index in [-0.39, 0.29) is 12.1 Å². The van der Waals surface area contributed by atoms with Crippen LogP contribution in [-0.4, -0.2) is 12.6 Å². The van der Waals surface area contributed by atoms with Crippen molar-refractivity contribution in [2.24, 2.45) is 0 Å². The zero-order valence-electron chi connectivity index (χ0n) is 13.0. The van der Waals surface area contributed by atoms with Crippen LogP contribution in [0, 0.1) is 11.2 Å². The van der Waals surface area contributed by atoms with Gasteiger partial charge < -0.3 is 21.2 Å². The zero-order chi connectivity index (χ0) is 18.6. The van der Waals surface area contributed by atoms with E-state index in [1.165, 1.54) is 6.07 Å². The molecule has 2 aromatic rings. The molecule has 0 fully saturated rings. The van der Waals surface area contributed by atoms with E-state index in [2.05, 4.69) is 16.6 Å². The highest BCUT2D eigenvalue weighted by molar-refractivity contribution is 5.87. The molecule has 0 saturated heterocycles. The molecule has 4 N–H and O–H groups in total. The number of ether oxygens (including phenoxy) is 1. The molecule has 0 saturated carbocycles. The van der Waals surface area contributed by atoms with E-state index in [4.69, 9.17) is 11.1 Å². The van der Waals surface area contributed by atoms with E-state index < -0.39 is 17.9 Å². The molecule has 0 aliphatic heterocycles. The third-order valence-corrected chi connectivity index (χ3v) is 3.37. The number of alkyl halides is 3. The Morgan fingerprint density at radius 1 is 1.28 bits per heavy atom. The standard InChI is InChI=1S/C17H15F4N3O/c1-10(24-9-12-3-2-4-15(23)13(12)8-22)11-5-6-16(14(18)7-11)25-17(19,20)21/h2-8,22,24H,1,9,23H2. The number of hydrogen-bond acceptors (Lipinski definition) is 4. The number of rotatable bonds is 6. The molecule has 0 atom stereocenters. The van der Waals surface area contributed by atoms with Crippen molar-refractivity contribution in [2.45, 2.75) is 12.9 Å². The van der Waals surface area contributed by atoms with Gasteiger partial charge in [-0.25, -0.2) is 4.39 Å². The quantitative estimate of drug-likeness (QED) is 0.417. The van der Waals surface area contributed by atoms with E-state index in [0.29, 0.717) is 16.9 Å². The number of hydrogen-bond donors (Lipinski definition) is 3. The predicted octanol–water partition coefficient (Wildman–Crippen LogP) is 4.06. The van der Waals surface area contributed by atoms with Crippen LogP contribution in [0.3, 0.4) is 0 Å². The van der Waals surface area contributed by atoms with Crippen LogP contribution >= 0.6 is 0 Å². The molecule has 25 heavy (non-hydrogen) atoms. The Hall–Kier alpha value is -3.03. The molecule has 0 bridgehead atoms. The van der Waals surface area contributed by atoms with Crippen LogP contribution in [0.2, 0.25) is 0 Å². The van der Waals surface area contributed by atoms with Crippen molar-refractivity contribution in [1.82, 2.24) is 5.32 Å². The summed E-state index contributed by atoms with van der Waals surface area (Å²) in [5, 5.41) is 10.3. The van der Waals surface area contributed by atoms with Crippen LogP contribution in [0.4, 0.5) is 23.2 Å². The van der Waals surface area contributed by atoms with Gasteiger partial charge >= 0.3 is 6.36 Å². The average molecular weight is 353 g/mol. The molecular weight excluding hydrogens is 338 g/mol. The SMILES string of the molecule is C=C(NCc1cccc(N)c1C=N)c1ccc(OC(F)(F)F)c(F)c1. The minimum atomic E-state index is -4.96. The third kappa shape index (κ3) is 4.72. The number of anilines is 1. The van der Waals surface area contributed by atoms with Crippen molar-refractivity contribution in [3.63, 3.8) is 0 Å². The molecule has 0 spiro atoms. The first-order chi connectivity index (χ1) is 11.7. The van der Waals surface area contributed by atoms with E-state index in [0.717, 1.165) is 23.9 Å². The Kier molecular flexibility index (Phi) is 5.31. The van der Waals surface area contributed by atoms with Gasteiger partial charge in [-0.1, -0.05) is 18.7 Å². The summed E-state index contributed by atoms with van der Waals surface area (Å²) >= 11 is 0. The lowest BCUT2D eigenvalue weighted by Gasteiger charge is -2.14. The highest BCUT2D eigenvalue weighted by atomic mass is 19.4. The van der Waals surface area contributed by atoms with Crippen molar-refractivity contribution in [3.05, 3.63) is 65.5 Å². The smallest absolute Gasteiger partial charge is 0.403 e. The summed E-state index contributed by atoms with van der Waals surface area (Å²) in [6.07, 6.45) is -3.84. The Bertz CT molecular complexity index is 803. The second-order valence-electron chi connectivity index (χ2n) is 5.09. The Labute approximate surface area is 141 Å². The molecule has 2 rings (SSSR count).